The quantitative estimate of drug-likeness (QED) is 0.788. The average Bonchev–Trinajstić information content (AvgIpc) is 2.86. The number of nitrogens with one attached hydrogen (secondary N) is 2. The van der Waals surface area contributed by atoms with Crippen LogP contribution in [0.4, 0.5) is 4.79 Å². The van der Waals surface area contributed by atoms with Crippen LogP contribution in [0.3, 0.4) is 0 Å². The Hall–Kier alpha value is -1.75. The molecule has 2 rings (SSSR count). The molecule has 1 fully saturated rings. The molecule has 1 heterocycles. The Kier molecular flexibility index (Phi) is 5.24. The molecule has 1 saturated heterocycles. The zero-order valence-corrected chi connectivity index (χ0v) is 12.2. The van der Waals surface area contributed by atoms with Gasteiger partial charge in [-0.15, -0.1) is 0 Å². The van der Waals surface area contributed by atoms with E-state index in [9.17, 15) is 4.79 Å². The van der Waals surface area contributed by atoms with Crippen LogP contribution in [0.5, 0.6) is 5.75 Å². The van der Waals surface area contributed by atoms with Gasteiger partial charge in [0, 0.05) is 19.1 Å². The molecule has 1 atom stereocenters. The predicted octanol–water partition coefficient (Wildman–Crippen LogP) is 1.24. The summed E-state index contributed by atoms with van der Waals surface area (Å²) in [6.07, 6.45) is 1.00. The number of amides is 2. The van der Waals surface area contributed by atoms with Crippen LogP contribution in [-0.4, -0.2) is 50.3 Å². The Bertz CT molecular complexity index is 433. The van der Waals surface area contributed by atoms with Crippen molar-refractivity contribution in [1.29, 1.82) is 0 Å². The molecule has 1 unspecified atom stereocenters. The van der Waals surface area contributed by atoms with Crippen molar-refractivity contribution in [2.75, 3.05) is 33.3 Å². The van der Waals surface area contributed by atoms with Crippen LogP contribution in [0.25, 0.3) is 0 Å². The lowest BCUT2D eigenvalue weighted by Gasteiger charge is -2.15. The molecule has 0 radical (unpaired) electrons. The van der Waals surface area contributed by atoms with Crippen molar-refractivity contribution < 1.29 is 9.53 Å². The van der Waals surface area contributed by atoms with Gasteiger partial charge in [-0.1, -0.05) is 12.1 Å². The van der Waals surface area contributed by atoms with E-state index in [0.29, 0.717) is 19.2 Å². The second-order valence-electron chi connectivity index (χ2n) is 5.11. The van der Waals surface area contributed by atoms with Gasteiger partial charge in [-0.25, -0.2) is 4.79 Å². The van der Waals surface area contributed by atoms with Crippen LogP contribution in [0.2, 0.25) is 0 Å². The lowest BCUT2D eigenvalue weighted by atomic mass is 10.1. The van der Waals surface area contributed by atoms with Gasteiger partial charge in [0.2, 0.25) is 0 Å². The molecule has 110 valence electrons. The fourth-order valence-electron chi connectivity index (χ4n) is 2.18. The molecule has 5 heteroatoms. The summed E-state index contributed by atoms with van der Waals surface area (Å²) >= 11 is 0. The molecule has 1 aromatic rings. The highest BCUT2D eigenvalue weighted by atomic mass is 16.5. The molecule has 1 aromatic carbocycles. The average molecular weight is 277 g/mol. The Balaban J connectivity index is 1.74. The molecule has 0 aliphatic carbocycles. The molecule has 20 heavy (non-hydrogen) atoms. The van der Waals surface area contributed by atoms with Crippen molar-refractivity contribution >= 4 is 6.03 Å². The SMILES string of the molecule is CNC(C)Cc1ccc(OCCN2CCNC2=O)cc1. The number of rotatable bonds is 7. The second-order valence-corrected chi connectivity index (χ2v) is 5.11. The maximum Gasteiger partial charge on any atom is 0.317 e. The van der Waals surface area contributed by atoms with Gasteiger partial charge in [-0.3, -0.25) is 0 Å². The van der Waals surface area contributed by atoms with E-state index < -0.39 is 0 Å². The Morgan fingerprint density at radius 3 is 2.75 bits per heavy atom. The summed E-state index contributed by atoms with van der Waals surface area (Å²) in [5.74, 6) is 0.852. The first kappa shape index (κ1) is 14.7. The third-order valence-corrected chi connectivity index (χ3v) is 3.53. The second kappa shape index (κ2) is 7.14. The smallest absolute Gasteiger partial charge is 0.317 e. The summed E-state index contributed by atoms with van der Waals surface area (Å²) in [6.45, 7) is 4.82. The first-order valence-corrected chi connectivity index (χ1v) is 7.11. The van der Waals surface area contributed by atoms with Crippen molar-refractivity contribution in [2.45, 2.75) is 19.4 Å². The van der Waals surface area contributed by atoms with Gasteiger partial charge < -0.3 is 20.3 Å². The van der Waals surface area contributed by atoms with Crippen molar-refractivity contribution in [3.63, 3.8) is 0 Å². The zero-order chi connectivity index (χ0) is 14.4. The molecule has 0 aromatic heterocycles. The molecule has 2 amide bonds. The zero-order valence-electron chi connectivity index (χ0n) is 12.2. The van der Waals surface area contributed by atoms with Crippen LogP contribution >= 0.6 is 0 Å². The van der Waals surface area contributed by atoms with Gasteiger partial charge in [0.1, 0.15) is 12.4 Å². The topological polar surface area (TPSA) is 53.6 Å². The van der Waals surface area contributed by atoms with E-state index in [2.05, 4.69) is 29.7 Å². The number of ether oxygens (including phenoxy) is 1. The number of carbonyl (C=O) groups excluding carboxylic acids is 1. The largest absolute Gasteiger partial charge is 0.492 e. The lowest BCUT2D eigenvalue weighted by molar-refractivity contribution is 0.202. The van der Waals surface area contributed by atoms with Gasteiger partial charge in [0.15, 0.2) is 0 Å². The third-order valence-electron chi connectivity index (χ3n) is 3.53. The van der Waals surface area contributed by atoms with E-state index >= 15 is 0 Å². The number of urea groups is 1. The standard InChI is InChI=1S/C15H23N3O2/c1-12(16-2)11-13-3-5-14(6-4-13)20-10-9-18-8-7-17-15(18)19/h3-6,12,16H,7-11H2,1-2H3,(H,17,19). The third kappa shape index (κ3) is 4.13. The summed E-state index contributed by atoms with van der Waals surface area (Å²) in [5.41, 5.74) is 1.29. The maximum absolute atomic E-state index is 11.3. The minimum Gasteiger partial charge on any atom is -0.492 e. The summed E-state index contributed by atoms with van der Waals surface area (Å²) in [4.78, 5) is 13.1. The summed E-state index contributed by atoms with van der Waals surface area (Å²) in [5, 5.41) is 6.00. The molecule has 0 bridgehead atoms. The van der Waals surface area contributed by atoms with Crippen molar-refractivity contribution in [3.05, 3.63) is 29.8 Å². The monoisotopic (exact) mass is 277 g/mol. The normalized spacial score (nSPS) is 16.1. The van der Waals surface area contributed by atoms with E-state index in [1.54, 1.807) is 4.90 Å². The summed E-state index contributed by atoms with van der Waals surface area (Å²) in [7, 11) is 1.97. The number of likely N-dealkylation sites (N-methyl/N-ethyl adjacent to an activating group) is 1. The van der Waals surface area contributed by atoms with Crippen LogP contribution in [0, 0.1) is 0 Å². The summed E-state index contributed by atoms with van der Waals surface area (Å²) < 4.78 is 5.67. The number of nitrogens with zero attached hydrogens (tertiary/aromatic N) is 1. The highest BCUT2D eigenvalue weighted by Crippen LogP contribution is 2.13. The number of hydrogen-bond donors (Lipinski definition) is 2. The molecular weight excluding hydrogens is 254 g/mol. The van der Waals surface area contributed by atoms with E-state index in [1.165, 1.54) is 5.56 Å². The van der Waals surface area contributed by atoms with Crippen LogP contribution in [-0.2, 0) is 6.42 Å². The van der Waals surface area contributed by atoms with Crippen molar-refractivity contribution in [2.24, 2.45) is 0 Å². The van der Waals surface area contributed by atoms with Gasteiger partial charge in [0.05, 0.1) is 6.54 Å². The fourth-order valence-corrected chi connectivity index (χ4v) is 2.18. The van der Waals surface area contributed by atoms with E-state index in [0.717, 1.165) is 25.3 Å². The summed E-state index contributed by atoms with van der Waals surface area (Å²) in [6, 6.07) is 8.63. The minimum absolute atomic E-state index is 0.00463. The van der Waals surface area contributed by atoms with Crippen LogP contribution in [0.15, 0.2) is 24.3 Å². The number of hydrogen-bond acceptors (Lipinski definition) is 3. The number of carbonyl (C=O) groups is 1. The highest BCUT2D eigenvalue weighted by Gasteiger charge is 2.18. The minimum atomic E-state index is 0.00463. The Morgan fingerprint density at radius 1 is 1.40 bits per heavy atom. The molecular formula is C15H23N3O2. The van der Waals surface area contributed by atoms with Crippen molar-refractivity contribution in [3.8, 4) is 5.75 Å². The molecule has 0 spiro atoms. The number of benzene rings is 1. The molecule has 1 aliphatic heterocycles. The molecule has 5 nitrogen and oxygen atoms in total. The van der Waals surface area contributed by atoms with E-state index in [4.69, 9.17) is 4.74 Å². The fraction of sp³-hybridized carbons (Fsp3) is 0.533. The molecule has 1 aliphatic rings. The van der Waals surface area contributed by atoms with Crippen molar-refractivity contribution in [1.82, 2.24) is 15.5 Å². The first-order valence-electron chi connectivity index (χ1n) is 7.11. The van der Waals surface area contributed by atoms with Gasteiger partial charge in [-0.2, -0.15) is 0 Å². The van der Waals surface area contributed by atoms with E-state index in [1.807, 2.05) is 19.2 Å². The highest BCUT2D eigenvalue weighted by molar-refractivity contribution is 5.76. The molecule has 2 N–H and O–H groups in total. The Labute approximate surface area is 120 Å². The van der Waals surface area contributed by atoms with Gasteiger partial charge >= 0.3 is 6.03 Å². The van der Waals surface area contributed by atoms with Gasteiger partial charge in [0.25, 0.3) is 0 Å². The maximum atomic E-state index is 11.3. The van der Waals surface area contributed by atoms with E-state index in [-0.39, 0.29) is 6.03 Å². The first-order chi connectivity index (χ1) is 9.69. The Morgan fingerprint density at radius 2 is 2.15 bits per heavy atom. The lowest BCUT2D eigenvalue weighted by Crippen LogP contribution is -2.31. The predicted molar refractivity (Wildman–Crippen MR) is 79.1 cm³/mol. The van der Waals surface area contributed by atoms with Crippen LogP contribution < -0.4 is 15.4 Å². The van der Waals surface area contributed by atoms with Crippen LogP contribution in [0.1, 0.15) is 12.5 Å². The van der Waals surface area contributed by atoms with Gasteiger partial charge in [-0.05, 0) is 38.1 Å². The molecule has 0 saturated carbocycles.